The van der Waals surface area contributed by atoms with Crippen LogP contribution in [0.3, 0.4) is 0 Å². The van der Waals surface area contributed by atoms with Crippen LogP contribution in [0.5, 0.6) is 0 Å². The Balaban J connectivity index is 2.88. The van der Waals surface area contributed by atoms with E-state index in [1.54, 1.807) is 17.8 Å². The van der Waals surface area contributed by atoms with Crippen molar-refractivity contribution >= 4 is 23.8 Å². The van der Waals surface area contributed by atoms with E-state index < -0.39 is 11.5 Å². The molecule has 3 nitrogen and oxygen atoms in total. The van der Waals surface area contributed by atoms with Crippen LogP contribution in [0.4, 0.5) is 0 Å². The van der Waals surface area contributed by atoms with E-state index in [1.165, 1.54) is 7.11 Å². The quantitative estimate of drug-likeness (QED) is 0.620. The maximum atomic E-state index is 11.9. The van der Waals surface area contributed by atoms with Gasteiger partial charge in [0.2, 0.25) is 0 Å². The Bertz CT molecular complexity index is 485. The van der Waals surface area contributed by atoms with Crippen molar-refractivity contribution in [2.45, 2.75) is 12.0 Å². The highest BCUT2D eigenvalue weighted by Crippen LogP contribution is 2.22. The van der Waals surface area contributed by atoms with Crippen molar-refractivity contribution in [2.75, 3.05) is 19.1 Å². The molecule has 0 aliphatic rings. The van der Waals surface area contributed by atoms with Gasteiger partial charge in [-0.15, -0.1) is 0 Å². The molecule has 2 N–H and O–H groups in total. The minimum Gasteiger partial charge on any atom is -0.467 e. The standard InChI is InChI=1S/C16H21NO2S/c1-13(9-10-14-7-5-4-6-8-14)16(17,11-12-20-3)15(18)19-2/h4-10H,1,11-12,17H2,2-3H3/b10-9+/t16-/m0/s1. The molecule has 0 spiro atoms. The Kier molecular flexibility index (Phi) is 6.55. The van der Waals surface area contributed by atoms with Gasteiger partial charge in [0, 0.05) is 0 Å². The number of rotatable bonds is 7. The maximum Gasteiger partial charge on any atom is 0.330 e. The molecule has 0 radical (unpaired) electrons. The average Bonchev–Trinajstić information content (AvgIpc) is 2.50. The summed E-state index contributed by atoms with van der Waals surface area (Å²) >= 11 is 1.64. The van der Waals surface area contributed by atoms with Crippen molar-refractivity contribution in [2.24, 2.45) is 5.73 Å². The number of hydrogen-bond donors (Lipinski definition) is 1. The zero-order valence-electron chi connectivity index (χ0n) is 12.0. The second-order valence-electron chi connectivity index (χ2n) is 4.47. The van der Waals surface area contributed by atoms with Crippen LogP contribution < -0.4 is 5.73 Å². The van der Waals surface area contributed by atoms with Gasteiger partial charge in [-0.3, -0.25) is 0 Å². The van der Waals surface area contributed by atoms with Gasteiger partial charge >= 0.3 is 5.97 Å². The molecule has 0 aliphatic carbocycles. The van der Waals surface area contributed by atoms with Crippen LogP contribution in [0.1, 0.15) is 12.0 Å². The summed E-state index contributed by atoms with van der Waals surface area (Å²) in [7, 11) is 1.34. The minimum absolute atomic E-state index is 0.450. The monoisotopic (exact) mass is 291 g/mol. The predicted molar refractivity (Wildman–Crippen MR) is 86.5 cm³/mol. The van der Waals surface area contributed by atoms with Crippen LogP contribution in [0.15, 0.2) is 48.6 Å². The van der Waals surface area contributed by atoms with E-state index in [2.05, 4.69) is 6.58 Å². The number of carbonyl (C=O) groups is 1. The molecule has 1 rings (SSSR count). The van der Waals surface area contributed by atoms with E-state index in [-0.39, 0.29) is 0 Å². The van der Waals surface area contributed by atoms with Crippen molar-refractivity contribution < 1.29 is 9.53 Å². The Morgan fingerprint density at radius 1 is 1.45 bits per heavy atom. The van der Waals surface area contributed by atoms with Crippen molar-refractivity contribution in [1.29, 1.82) is 0 Å². The van der Waals surface area contributed by atoms with Crippen molar-refractivity contribution in [3.05, 3.63) is 54.1 Å². The average molecular weight is 291 g/mol. The molecule has 1 aromatic carbocycles. The highest BCUT2D eigenvalue weighted by Gasteiger charge is 2.36. The Hall–Kier alpha value is -1.52. The van der Waals surface area contributed by atoms with Crippen LogP contribution in [0, 0.1) is 0 Å². The number of hydrogen-bond acceptors (Lipinski definition) is 4. The number of thioether (sulfide) groups is 1. The zero-order valence-corrected chi connectivity index (χ0v) is 12.8. The van der Waals surface area contributed by atoms with E-state index in [4.69, 9.17) is 10.5 Å². The summed E-state index contributed by atoms with van der Waals surface area (Å²) in [5.41, 5.74) is 6.63. The highest BCUT2D eigenvalue weighted by atomic mass is 32.2. The molecule has 0 saturated carbocycles. The Morgan fingerprint density at radius 2 is 2.10 bits per heavy atom. The topological polar surface area (TPSA) is 52.3 Å². The summed E-state index contributed by atoms with van der Waals surface area (Å²) in [4.78, 5) is 11.9. The number of methoxy groups -OCH3 is 1. The SMILES string of the molecule is C=C(/C=C/c1ccccc1)[C@@](N)(CCSC)C(=O)OC. The van der Waals surface area contributed by atoms with Gasteiger partial charge in [0.05, 0.1) is 7.11 Å². The molecule has 0 fully saturated rings. The van der Waals surface area contributed by atoms with Gasteiger partial charge in [-0.25, -0.2) is 4.79 Å². The first-order valence-electron chi connectivity index (χ1n) is 6.33. The second kappa shape index (κ2) is 7.92. The molecule has 1 aromatic rings. The van der Waals surface area contributed by atoms with E-state index in [9.17, 15) is 4.79 Å². The third-order valence-electron chi connectivity index (χ3n) is 3.10. The lowest BCUT2D eigenvalue weighted by Gasteiger charge is -2.27. The van der Waals surface area contributed by atoms with Crippen LogP contribution in [-0.4, -0.2) is 30.6 Å². The van der Waals surface area contributed by atoms with E-state index in [1.807, 2.05) is 42.7 Å². The number of ether oxygens (including phenoxy) is 1. The fourth-order valence-electron chi connectivity index (χ4n) is 1.75. The van der Waals surface area contributed by atoms with Crippen molar-refractivity contribution in [1.82, 2.24) is 0 Å². The summed E-state index contributed by atoms with van der Waals surface area (Å²) in [6, 6.07) is 9.80. The number of esters is 1. The smallest absolute Gasteiger partial charge is 0.330 e. The molecular weight excluding hydrogens is 270 g/mol. The Labute approximate surface area is 124 Å². The summed E-state index contributed by atoms with van der Waals surface area (Å²) in [5.74, 6) is 0.318. The second-order valence-corrected chi connectivity index (χ2v) is 5.46. The molecule has 0 bridgehead atoms. The summed E-state index contributed by atoms with van der Waals surface area (Å²) in [6.07, 6.45) is 6.15. The van der Waals surface area contributed by atoms with Gasteiger partial charge in [-0.05, 0) is 29.6 Å². The van der Waals surface area contributed by atoms with E-state index in [0.717, 1.165) is 11.3 Å². The molecule has 0 heterocycles. The van der Waals surface area contributed by atoms with Gasteiger partial charge in [0.15, 0.2) is 0 Å². The van der Waals surface area contributed by atoms with Crippen LogP contribution >= 0.6 is 11.8 Å². The minimum atomic E-state index is -1.16. The number of carbonyl (C=O) groups excluding carboxylic acids is 1. The normalized spacial score (nSPS) is 13.9. The third kappa shape index (κ3) is 4.25. The molecule has 108 valence electrons. The van der Waals surface area contributed by atoms with Gasteiger partial charge in [-0.1, -0.05) is 49.1 Å². The lowest BCUT2D eigenvalue weighted by molar-refractivity contribution is -0.145. The molecule has 0 aromatic heterocycles. The van der Waals surface area contributed by atoms with Crippen molar-refractivity contribution in [3.63, 3.8) is 0 Å². The number of nitrogens with two attached hydrogens (primary N) is 1. The summed E-state index contributed by atoms with van der Waals surface area (Å²) in [6.45, 7) is 3.94. The number of benzene rings is 1. The highest BCUT2D eigenvalue weighted by molar-refractivity contribution is 7.98. The first kappa shape index (κ1) is 16.5. The molecular formula is C16H21NO2S. The predicted octanol–water partition coefficient (Wildman–Crippen LogP) is 2.88. The van der Waals surface area contributed by atoms with Crippen LogP contribution in [-0.2, 0) is 9.53 Å². The zero-order chi connectivity index (χ0) is 15.0. The fraction of sp³-hybridized carbons (Fsp3) is 0.312. The van der Waals surface area contributed by atoms with E-state index >= 15 is 0 Å². The molecule has 0 saturated heterocycles. The van der Waals surface area contributed by atoms with E-state index in [0.29, 0.717) is 12.0 Å². The third-order valence-corrected chi connectivity index (χ3v) is 3.71. The van der Waals surface area contributed by atoms with Gasteiger partial charge in [0.25, 0.3) is 0 Å². The molecule has 0 amide bonds. The van der Waals surface area contributed by atoms with Gasteiger partial charge < -0.3 is 10.5 Å². The first-order valence-corrected chi connectivity index (χ1v) is 7.72. The van der Waals surface area contributed by atoms with Crippen molar-refractivity contribution in [3.8, 4) is 0 Å². The van der Waals surface area contributed by atoms with Gasteiger partial charge in [0.1, 0.15) is 5.54 Å². The molecule has 4 heteroatoms. The molecule has 20 heavy (non-hydrogen) atoms. The maximum absolute atomic E-state index is 11.9. The lowest BCUT2D eigenvalue weighted by atomic mass is 9.88. The first-order chi connectivity index (χ1) is 9.54. The molecule has 0 aliphatic heterocycles. The lowest BCUT2D eigenvalue weighted by Crippen LogP contribution is -2.50. The Morgan fingerprint density at radius 3 is 2.65 bits per heavy atom. The summed E-state index contributed by atoms with van der Waals surface area (Å²) in [5, 5.41) is 0. The summed E-state index contributed by atoms with van der Waals surface area (Å²) < 4.78 is 4.82. The van der Waals surface area contributed by atoms with Crippen LogP contribution in [0.25, 0.3) is 6.08 Å². The van der Waals surface area contributed by atoms with Crippen LogP contribution in [0.2, 0.25) is 0 Å². The molecule has 0 unspecified atom stereocenters. The van der Waals surface area contributed by atoms with Gasteiger partial charge in [-0.2, -0.15) is 11.8 Å². The largest absolute Gasteiger partial charge is 0.467 e. The molecule has 1 atom stereocenters. The fourth-order valence-corrected chi connectivity index (χ4v) is 2.27.